The molecule has 1 aliphatic heterocycles. The zero-order chi connectivity index (χ0) is 16.9. The molecule has 1 aromatic carbocycles. The van der Waals surface area contributed by atoms with Crippen LogP contribution >= 0.6 is 11.8 Å². The fraction of sp³-hybridized carbons (Fsp3) is 0.278. The summed E-state index contributed by atoms with van der Waals surface area (Å²) in [6, 6.07) is 11.7. The number of ether oxygens (including phenoxy) is 1. The van der Waals surface area contributed by atoms with Crippen molar-refractivity contribution >= 4 is 22.9 Å². The van der Waals surface area contributed by atoms with Gasteiger partial charge in [-0.25, -0.2) is 0 Å². The Bertz CT molecular complexity index is 746. The summed E-state index contributed by atoms with van der Waals surface area (Å²) < 4.78 is 5.73. The number of rotatable bonds is 6. The van der Waals surface area contributed by atoms with Gasteiger partial charge in [-0.15, -0.1) is 0 Å². The monoisotopic (exact) mass is 342 g/mol. The van der Waals surface area contributed by atoms with Gasteiger partial charge >= 0.3 is 0 Å². The van der Waals surface area contributed by atoms with Crippen LogP contribution in [0.15, 0.2) is 42.6 Å². The first-order chi connectivity index (χ1) is 11.6. The van der Waals surface area contributed by atoms with Crippen LogP contribution in [0.3, 0.4) is 0 Å². The molecule has 2 amide bonds. The van der Waals surface area contributed by atoms with Gasteiger partial charge in [-0.1, -0.05) is 23.9 Å². The van der Waals surface area contributed by atoms with E-state index < -0.39 is 0 Å². The first kappa shape index (κ1) is 16.5. The molecular formula is C18H18N2O3S. The highest BCUT2D eigenvalue weighted by atomic mass is 32.2. The average Bonchev–Trinajstić information content (AvgIpc) is 2.87. The molecule has 124 valence electrons. The Labute approximate surface area is 144 Å². The van der Waals surface area contributed by atoms with Gasteiger partial charge in [0, 0.05) is 18.3 Å². The Hall–Kier alpha value is -2.34. The molecule has 1 atom stereocenters. The lowest BCUT2D eigenvalue weighted by Crippen LogP contribution is -2.25. The number of hydrogen-bond donors (Lipinski definition) is 1. The Morgan fingerprint density at radius 1 is 1.21 bits per heavy atom. The molecule has 5 nitrogen and oxygen atoms in total. The van der Waals surface area contributed by atoms with Crippen molar-refractivity contribution in [2.24, 2.45) is 0 Å². The number of imide groups is 1. The molecule has 1 unspecified atom stereocenters. The Balaban J connectivity index is 1.49. The van der Waals surface area contributed by atoms with Gasteiger partial charge < -0.3 is 4.74 Å². The zero-order valence-corrected chi connectivity index (χ0v) is 14.1. The lowest BCUT2D eigenvalue weighted by molar-refractivity contribution is -0.118. The van der Waals surface area contributed by atoms with Crippen LogP contribution in [0.1, 0.15) is 16.8 Å². The van der Waals surface area contributed by atoms with Crippen molar-refractivity contribution in [3.8, 4) is 5.75 Å². The van der Waals surface area contributed by atoms with Crippen molar-refractivity contribution in [1.29, 1.82) is 0 Å². The van der Waals surface area contributed by atoms with Crippen LogP contribution in [-0.4, -0.2) is 28.0 Å². The molecule has 2 heterocycles. The Morgan fingerprint density at radius 3 is 2.67 bits per heavy atom. The number of amides is 2. The van der Waals surface area contributed by atoms with E-state index in [4.69, 9.17) is 4.74 Å². The molecule has 1 aliphatic rings. The number of hydrogen-bond acceptors (Lipinski definition) is 5. The predicted octanol–water partition coefficient (Wildman–Crippen LogP) is 2.91. The summed E-state index contributed by atoms with van der Waals surface area (Å²) in [5.41, 5.74) is 3.21. The molecular weight excluding hydrogens is 324 g/mol. The molecule has 24 heavy (non-hydrogen) atoms. The van der Waals surface area contributed by atoms with Gasteiger partial charge in [-0.05, 0) is 48.7 Å². The van der Waals surface area contributed by atoms with E-state index in [0.29, 0.717) is 13.0 Å². The SMILES string of the molecule is Cc1ccnc(CCOc2ccc(CC3SC(=O)NC3=O)cc2)c1. The molecule has 0 spiro atoms. The van der Waals surface area contributed by atoms with Crippen molar-refractivity contribution in [3.05, 3.63) is 59.4 Å². The van der Waals surface area contributed by atoms with Gasteiger partial charge in [0.2, 0.25) is 5.91 Å². The van der Waals surface area contributed by atoms with E-state index in [2.05, 4.69) is 16.4 Å². The molecule has 0 saturated carbocycles. The van der Waals surface area contributed by atoms with Crippen molar-refractivity contribution in [2.45, 2.75) is 25.0 Å². The van der Waals surface area contributed by atoms with Gasteiger partial charge in [0.05, 0.1) is 11.9 Å². The summed E-state index contributed by atoms with van der Waals surface area (Å²) in [7, 11) is 0. The van der Waals surface area contributed by atoms with Crippen molar-refractivity contribution in [1.82, 2.24) is 10.3 Å². The third kappa shape index (κ3) is 4.35. The smallest absolute Gasteiger partial charge is 0.286 e. The van der Waals surface area contributed by atoms with Gasteiger partial charge in [0.15, 0.2) is 0 Å². The van der Waals surface area contributed by atoms with E-state index in [-0.39, 0.29) is 16.4 Å². The zero-order valence-electron chi connectivity index (χ0n) is 13.3. The number of carbonyl (C=O) groups excluding carboxylic acids is 2. The lowest BCUT2D eigenvalue weighted by Gasteiger charge is -2.09. The summed E-state index contributed by atoms with van der Waals surface area (Å²) in [6.07, 6.45) is 3.10. The molecule has 1 aromatic heterocycles. The van der Waals surface area contributed by atoms with Gasteiger partial charge in [0.1, 0.15) is 5.75 Å². The maximum Gasteiger partial charge on any atom is 0.286 e. The molecule has 1 fully saturated rings. The van der Waals surface area contributed by atoms with E-state index in [9.17, 15) is 9.59 Å². The Kier molecular flexibility index (Phi) is 5.15. The van der Waals surface area contributed by atoms with Crippen LogP contribution in [0.5, 0.6) is 5.75 Å². The molecule has 3 rings (SSSR count). The fourth-order valence-electron chi connectivity index (χ4n) is 2.47. The normalized spacial score (nSPS) is 17.0. The summed E-state index contributed by atoms with van der Waals surface area (Å²) in [4.78, 5) is 27.1. The van der Waals surface area contributed by atoms with Crippen molar-refractivity contribution < 1.29 is 14.3 Å². The number of nitrogens with zero attached hydrogens (tertiary/aromatic N) is 1. The second-order valence-electron chi connectivity index (χ2n) is 5.65. The third-order valence-corrected chi connectivity index (χ3v) is 4.69. The number of benzene rings is 1. The Morgan fingerprint density at radius 2 is 2.00 bits per heavy atom. The average molecular weight is 342 g/mol. The highest BCUT2D eigenvalue weighted by Crippen LogP contribution is 2.23. The van der Waals surface area contributed by atoms with Crippen LogP contribution in [0.4, 0.5) is 4.79 Å². The second kappa shape index (κ2) is 7.49. The highest BCUT2D eigenvalue weighted by molar-refractivity contribution is 8.15. The van der Waals surface area contributed by atoms with Gasteiger partial charge in [-0.2, -0.15) is 0 Å². The van der Waals surface area contributed by atoms with Gasteiger partial charge in [-0.3, -0.25) is 19.9 Å². The number of carbonyl (C=O) groups is 2. The lowest BCUT2D eigenvalue weighted by atomic mass is 10.1. The summed E-state index contributed by atoms with van der Waals surface area (Å²) in [5.74, 6) is 0.571. The molecule has 2 aromatic rings. The molecule has 0 radical (unpaired) electrons. The number of thioether (sulfide) groups is 1. The summed E-state index contributed by atoms with van der Waals surface area (Å²) in [5, 5.41) is 1.70. The summed E-state index contributed by atoms with van der Waals surface area (Å²) >= 11 is 1.05. The highest BCUT2D eigenvalue weighted by Gasteiger charge is 2.31. The maximum atomic E-state index is 11.6. The minimum absolute atomic E-state index is 0.212. The van der Waals surface area contributed by atoms with Crippen LogP contribution in [0, 0.1) is 6.92 Å². The molecule has 6 heteroatoms. The van der Waals surface area contributed by atoms with Crippen LogP contribution in [-0.2, 0) is 17.6 Å². The molecule has 0 aliphatic carbocycles. The second-order valence-corrected chi connectivity index (χ2v) is 6.83. The van der Waals surface area contributed by atoms with Gasteiger partial charge in [0.25, 0.3) is 5.24 Å². The number of aromatic nitrogens is 1. The predicted molar refractivity (Wildman–Crippen MR) is 93.2 cm³/mol. The minimum Gasteiger partial charge on any atom is -0.493 e. The first-order valence-electron chi connectivity index (χ1n) is 7.75. The standard InChI is InChI=1S/C18H18N2O3S/c1-12-6-8-19-14(10-12)7-9-23-15-4-2-13(3-5-15)11-16-17(21)20-18(22)24-16/h2-6,8,10,16H,7,9,11H2,1H3,(H,20,21,22). The van der Waals surface area contributed by atoms with E-state index in [1.165, 1.54) is 5.56 Å². The quantitative estimate of drug-likeness (QED) is 0.874. The van der Waals surface area contributed by atoms with E-state index in [1.54, 1.807) is 6.20 Å². The van der Waals surface area contributed by atoms with Crippen molar-refractivity contribution in [3.63, 3.8) is 0 Å². The third-order valence-electron chi connectivity index (χ3n) is 3.71. The van der Waals surface area contributed by atoms with E-state index >= 15 is 0 Å². The first-order valence-corrected chi connectivity index (χ1v) is 8.63. The number of aryl methyl sites for hydroxylation is 1. The largest absolute Gasteiger partial charge is 0.493 e. The summed E-state index contributed by atoms with van der Waals surface area (Å²) in [6.45, 7) is 2.60. The fourth-order valence-corrected chi connectivity index (χ4v) is 3.33. The number of pyridine rings is 1. The molecule has 1 N–H and O–H groups in total. The van der Waals surface area contributed by atoms with E-state index in [0.717, 1.165) is 35.2 Å². The van der Waals surface area contributed by atoms with Crippen molar-refractivity contribution in [2.75, 3.05) is 6.61 Å². The maximum absolute atomic E-state index is 11.6. The molecule has 0 bridgehead atoms. The topological polar surface area (TPSA) is 68.3 Å². The van der Waals surface area contributed by atoms with Crippen LogP contribution in [0.2, 0.25) is 0 Å². The molecule has 1 saturated heterocycles. The number of nitrogens with one attached hydrogen (secondary N) is 1. The van der Waals surface area contributed by atoms with Crippen LogP contribution in [0.25, 0.3) is 0 Å². The van der Waals surface area contributed by atoms with E-state index in [1.807, 2.05) is 37.3 Å². The minimum atomic E-state index is -0.336. The van der Waals surface area contributed by atoms with Crippen LogP contribution < -0.4 is 10.1 Å².